The SMILES string of the molecule is CSOP(=O)(O)OP(=O)(O)O. The van der Waals surface area contributed by atoms with E-state index in [-0.39, 0.29) is 0 Å². The van der Waals surface area contributed by atoms with Gasteiger partial charge in [0.05, 0.1) is 0 Å². The van der Waals surface area contributed by atoms with E-state index in [1.807, 2.05) is 0 Å². The van der Waals surface area contributed by atoms with Gasteiger partial charge in [0, 0.05) is 18.3 Å². The summed E-state index contributed by atoms with van der Waals surface area (Å²) < 4.78 is 27.7. The molecule has 0 aliphatic carbocycles. The molecular formula is CH6O7P2S. The van der Waals surface area contributed by atoms with Gasteiger partial charge in [0.1, 0.15) is 0 Å². The second-order valence-corrected chi connectivity index (χ2v) is 4.78. The van der Waals surface area contributed by atoms with Crippen molar-refractivity contribution in [1.29, 1.82) is 0 Å². The van der Waals surface area contributed by atoms with Gasteiger partial charge in [-0.1, -0.05) is 0 Å². The highest BCUT2D eigenvalue weighted by Crippen LogP contribution is 2.58. The molecule has 0 aromatic heterocycles. The number of rotatable bonds is 4. The summed E-state index contributed by atoms with van der Waals surface area (Å²) >= 11 is 0.468. The van der Waals surface area contributed by atoms with Crippen LogP contribution in [0.3, 0.4) is 0 Å². The van der Waals surface area contributed by atoms with Crippen molar-refractivity contribution in [1.82, 2.24) is 0 Å². The molecule has 0 bridgehead atoms. The third-order valence-electron chi connectivity index (χ3n) is 0.378. The average molecular weight is 224 g/mol. The third-order valence-corrected chi connectivity index (χ3v) is 3.40. The average Bonchev–Trinajstić information content (AvgIpc) is 1.55. The quantitative estimate of drug-likeness (QED) is 0.467. The first kappa shape index (κ1) is 11.6. The highest BCUT2D eigenvalue weighted by atomic mass is 32.2. The molecule has 0 aromatic carbocycles. The highest BCUT2D eigenvalue weighted by molar-refractivity contribution is 7.97. The topological polar surface area (TPSA) is 113 Å². The van der Waals surface area contributed by atoms with Crippen LogP contribution in [-0.4, -0.2) is 20.9 Å². The summed E-state index contributed by atoms with van der Waals surface area (Å²) in [6, 6.07) is 0. The Kier molecular flexibility index (Phi) is 4.24. The molecule has 7 nitrogen and oxygen atoms in total. The zero-order chi connectivity index (χ0) is 9.12. The molecule has 0 amide bonds. The van der Waals surface area contributed by atoms with Crippen LogP contribution in [0.25, 0.3) is 0 Å². The largest absolute Gasteiger partial charge is 0.492 e. The summed E-state index contributed by atoms with van der Waals surface area (Å²) in [5.74, 6) is 0. The van der Waals surface area contributed by atoms with E-state index < -0.39 is 15.6 Å². The fourth-order valence-corrected chi connectivity index (χ4v) is 2.42. The first-order valence-electron chi connectivity index (χ1n) is 2.09. The van der Waals surface area contributed by atoms with E-state index >= 15 is 0 Å². The van der Waals surface area contributed by atoms with Gasteiger partial charge in [0.15, 0.2) is 0 Å². The van der Waals surface area contributed by atoms with Gasteiger partial charge in [0.2, 0.25) is 0 Å². The lowest BCUT2D eigenvalue weighted by Gasteiger charge is -2.09. The first-order valence-corrected chi connectivity index (χ1v) is 6.26. The van der Waals surface area contributed by atoms with Crippen LogP contribution in [0.2, 0.25) is 0 Å². The molecule has 0 fully saturated rings. The Labute approximate surface area is 66.8 Å². The molecule has 0 radical (unpaired) electrons. The van der Waals surface area contributed by atoms with Crippen molar-refractivity contribution < 1.29 is 32.1 Å². The van der Waals surface area contributed by atoms with Crippen molar-refractivity contribution in [2.75, 3.05) is 6.26 Å². The van der Waals surface area contributed by atoms with Gasteiger partial charge in [-0.3, -0.25) is 0 Å². The second-order valence-electron chi connectivity index (χ2n) is 1.28. The maximum absolute atomic E-state index is 10.4. The molecular weight excluding hydrogens is 218 g/mol. The van der Waals surface area contributed by atoms with Crippen LogP contribution in [0.1, 0.15) is 0 Å². The summed E-state index contributed by atoms with van der Waals surface area (Å²) in [5, 5.41) is 0. The maximum atomic E-state index is 10.4. The lowest BCUT2D eigenvalue weighted by atomic mass is 12.0. The molecule has 0 aliphatic rings. The summed E-state index contributed by atoms with van der Waals surface area (Å²) in [6.45, 7) is 0. The van der Waals surface area contributed by atoms with Crippen LogP contribution in [0.15, 0.2) is 0 Å². The van der Waals surface area contributed by atoms with Crippen LogP contribution < -0.4 is 0 Å². The van der Waals surface area contributed by atoms with E-state index in [1.165, 1.54) is 6.26 Å². The third kappa shape index (κ3) is 6.99. The Morgan fingerprint density at radius 1 is 1.27 bits per heavy atom. The van der Waals surface area contributed by atoms with Gasteiger partial charge in [-0.2, -0.15) is 4.31 Å². The summed E-state index contributed by atoms with van der Waals surface area (Å²) in [6.07, 6.45) is 1.30. The molecule has 0 aliphatic heterocycles. The lowest BCUT2D eigenvalue weighted by Crippen LogP contribution is -1.87. The fraction of sp³-hybridized carbons (Fsp3) is 1.00. The summed E-state index contributed by atoms with van der Waals surface area (Å²) in [7, 11) is -9.58. The van der Waals surface area contributed by atoms with Crippen molar-refractivity contribution in [2.24, 2.45) is 0 Å². The van der Waals surface area contributed by atoms with Crippen molar-refractivity contribution in [3.05, 3.63) is 0 Å². The predicted molar refractivity (Wildman–Crippen MR) is 37.6 cm³/mol. The van der Waals surface area contributed by atoms with Crippen LogP contribution in [0.5, 0.6) is 0 Å². The number of hydrogen-bond acceptors (Lipinski definition) is 5. The standard InChI is InChI=1S/CH6O7P2S/c1-11-8-10(5,6)7-9(2,3)4/h1H3,(H,5,6)(H2,2,3,4). The Balaban J connectivity index is 4.14. The van der Waals surface area contributed by atoms with Crippen LogP contribution in [0, 0.1) is 0 Å². The molecule has 0 saturated carbocycles. The Bertz CT molecular complexity index is 206. The summed E-state index contributed by atoms with van der Waals surface area (Å²) in [4.78, 5) is 24.5. The minimum absolute atomic E-state index is 0.468. The minimum Gasteiger partial charge on any atom is -0.302 e. The lowest BCUT2D eigenvalue weighted by molar-refractivity contribution is 0.236. The zero-order valence-corrected chi connectivity index (χ0v) is 7.88. The second kappa shape index (κ2) is 4.02. The van der Waals surface area contributed by atoms with E-state index in [0.29, 0.717) is 12.0 Å². The van der Waals surface area contributed by atoms with Crippen molar-refractivity contribution in [3.63, 3.8) is 0 Å². The van der Waals surface area contributed by atoms with E-state index in [4.69, 9.17) is 14.7 Å². The molecule has 0 spiro atoms. The highest BCUT2D eigenvalue weighted by Gasteiger charge is 2.32. The summed E-state index contributed by atoms with van der Waals surface area (Å²) in [5.41, 5.74) is 0. The molecule has 11 heavy (non-hydrogen) atoms. The van der Waals surface area contributed by atoms with Gasteiger partial charge in [-0.05, 0) is 0 Å². The Morgan fingerprint density at radius 3 is 2.00 bits per heavy atom. The fourth-order valence-electron chi connectivity index (χ4n) is 0.242. The van der Waals surface area contributed by atoms with E-state index in [1.54, 1.807) is 0 Å². The van der Waals surface area contributed by atoms with E-state index in [0.717, 1.165) is 0 Å². The minimum atomic E-state index is -4.97. The van der Waals surface area contributed by atoms with Gasteiger partial charge >= 0.3 is 15.6 Å². The molecule has 0 aromatic rings. The molecule has 1 atom stereocenters. The normalized spacial score (nSPS) is 17.8. The smallest absolute Gasteiger partial charge is 0.302 e. The Morgan fingerprint density at radius 2 is 1.73 bits per heavy atom. The van der Waals surface area contributed by atoms with Crippen molar-refractivity contribution >= 4 is 27.7 Å². The zero-order valence-electron chi connectivity index (χ0n) is 5.28. The molecule has 0 rings (SSSR count). The van der Waals surface area contributed by atoms with Crippen LogP contribution in [0.4, 0.5) is 0 Å². The molecule has 0 saturated heterocycles. The molecule has 68 valence electrons. The monoisotopic (exact) mass is 224 g/mol. The maximum Gasteiger partial charge on any atom is 0.492 e. The Hall–Kier alpha value is 0.610. The van der Waals surface area contributed by atoms with Gasteiger partial charge in [0.25, 0.3) is 0 Å². The molecule has 10 heteroatoms. The van der Waals surface area contributed by atoms with Crippen molar-refractivity contribution in [3.8, 4) is 0 Å². The van der Waals surface area contributed by atoms with Gasteiger partial charge in [-0.15, -0.1) is 0 Å². The number of hydrogen-bond donors (Lipinski definition) is 3. The van der Waals surface area contributed by atoms with Crippen LogP contribution >= 0.6 is 27.7 Å². The van der Waals surface area contributed by atoms with Gasteiger partial charge in [-0.25, -0.2) is 13.1 Å². The predicted octanol–water partition coefficient (Wildman–Crippen LogP) is 0.491. The molecule has 3 N–H and O–H groups in total. The van der Waals surface area contributed by atoms with Crippen LogP contribution in [-0.2, 0) is 17.4 Å². The van der Waals surface area contributed by atoms with E-state index in [2.05, 4.69) is 8.28 Å². The first-order chi connectivity index (χ1) is 4.77. The van der Waals surface area contributed by atoms with Gasteiger partial charge < -0.3 is 14.7 Å². The molecule has 1 unspecified atom stereocenters. The number of phosphoric acid groups is 2. The molecule has 0 heterocycles. The van der Waals surface area contributed by atoms with Crippen molar-refractivity contribution in [2.45, 2.75) is 0 Å². The van der Waals surface area contributed by atoms with E-state index in [9.17, 15) is 9.13 Å².